The molecule has 0 spiro atoms. The van der Waals surface area contributed by atoms with Crippen LogP contribution >= 0.6 is 0 Å². The Morgan fingerprint density at radius 3 is 2.65 bits per heavy atom. The van der Waals surface area contributed by atoms with Gasteiger partial charge in [-0.05, 0) is 12.1 Å². The van der Waals surface area contributed by atoms with E-state index in [1.54, 1.807) is 24.3 Å². The standard InChI is InChI=1S/C14H14F3NO2/c15-14(16,17)9-8-13(20)18-12-7-2-1-5-11(12)6-3-4-10-19/h1-2,5,7,19H,4,8-10H2,(H,18,20). The zero-order chi connectivity index (χ0) is 15.0. The summed E-state index contributed by atoms with van der Waals surface area (Å²) in [5.41, 5.74) is 0.867. The van der Waals surface area contributed by atoms with Crippen molar-refractivity contribution in [1.82, 2.24) is 0 Å². The van der Waals surface area contributed by atoms with Gasteiger partial charge in [0.15, 0.2) is 0 Å². The average molecular weight is 285 g/mol. The summed E-state index contributed by atoms with van der Waals surface area (Å²) in [7, 11) is 0. The molecular formula is C14H14F3NO2. The summed E-state index contributed by atoms with van der Waals surface area (Å²) in [6, 6.07) is 6.56. The second-order valence-corrected chi connectivity index (χ2v) is 3.98. The molecule has 6 heteroatoms. The Morgan fingerprint density at radius 2 is 2.00 bits per heavy atom. The lowest BCUT2D eigenvalue weighted by Crippen LogP contribution is -2.17. The van der Waals surface area contributed by atoms with Gasteiger partial charge in [-0.1, -0.05) is 24.0 Å². The topological polar surface area (TPSA) is 49.3 Å². The number of para-hydroxylation sites is 1. The smallest absolute Gasteiger partial charge is 0.389 e. The van der Waals surface area contributed by atoms with Crippen molar-refractivity contribution < 1.29 is 23.1 Å². The van der Waals surface area contributed by atoms with E-state index in [9.17, 15) is 18.0 Å². The van der Waals surface area contributed by atoms with Crippen LogP contribution in [-0.2, 0) is 4.79 Å². The molecule has 1 aromatic rings. The lowest BCUT2D eigenvalue weighted by atomic mass is 10.1. The first kappa shape index (κ1) is 16.1. The largest absolute Gasteiger partial charge is 0.395 e. The second-order valence-electron chi connectivity index (χ2n) is 3.98. The van der Waals surface area contributed by atoms with Crippen LogP contribution in [0.5, 0.6) is 0 Å². The van der Waals surface area contributed by atoms with Crippen LogP contribution in [-0.4, -0.2) is 23.8 Å². The highest BCUT2D eigenvalue weighted by Crippen LogP contribution is 2.22. The summed E-state index contributed by atoms with van der Waals surface area (Å²) in [5, 5.41) is 11.0. The Kier molecular flexibility index (Phi) is 6.07. The molecule has 108 valence electrons. The maximum absolute atomic E-state index is 12.0. The molecule has 1 amide bonds. The molecule has 0 bridgehead atoms. The third kappa shape index (κ3) is 6.25. The first-order valence-corrected chi connectivity index (χ1v) is 5.98. The number of benzene rings is 1. The number of anilines is 1. The molecule has 0 atom stereocenters. The summed E-state index contributed by atoms with van der Waals surface area (Å²) in [5.74, 6) is 4.73. The number of alkyl halides is 3. The SMILES string of the molecule is O=C(CCC(F)(F)F)Nc1ccccc1C#CCCO. The van der Waals surface area contributed by atoms with E-state index in [-0.39, 0.29) is 13.0 Å². The summed E-state index contributed by atoms with van der Waals surface area (Å²) >= 11 is 0. The van der Waals surface area contributed by atoms with Gasteiger partial charge in [-0.15, -0.1) is 0 Å². The number of aliphatic hydroxyl groups is 1. The van der Waals surface area contributed by atoms with Gasteiger partial charge in [-0.3, -0.25) is 4.79 Å². The minimum atomic E-state index is -4.35. The lowest BCUT2D eigenvalue weighted by Gasteiger charge is -2.08. The average Bonchev–Trinajstić information content (AvgIpc) is 2.38. The van der Waals surface area contributed by atoms with Crippen LogP contribution in [0, 0.1) is 11.8 Å². The highest BCUT2D eigenvalue weighted by molar-refractivity contribution is 5.92. The van der Waals surface area contributed by atoms with Crippen molar-refractivity contribution in [2.24, 2.45) is 0 Å². The Balaban J connectivity index is 2.68. The number of carbonyl (C=O) groups excluding carboxylic acids is 1. The quantitative estimate of drug-likeness (QED) is 0.836. The predicted molar refractivity (Wildman–Crippen MR) is 68.9 cm³/mol. The summed E-state index contributed by atoms with van der Waals surface area (Å²) in [4.78, 5) is 11.4. The van der Waals surface area contributed by atoms with Crippen molar-refractivity contribution in [1.29, 1.82) is 0 Å². The highest BCUT2D eigenvalue weighted by atomic mass is 19.4. The van der Waals surface area contributed by atoms with Crippen LogP contribution in [0.25, 0.3) is 0 Å². The first-order chi connectivity index (χ1) is 9.42. The van der Waals surface area contributed by atoms with E-state index in [0.717, 1.165) is 0 Å². The molecule has 0 radical (unpaired) electrons. The van der Waals surface area contributed by atoms with Gasteiger partial charge in [0.05, 0.1) is 18.7 Å². The molecule has 1 aromatic carbocycles. The Labute approximate surface area is 114 Å². The van der Waals surface area contributed by atoms with E-state index in [1.165, 1.54) is 0 Å². The third-order valence-corrected chi connectivity index (χ3v) is 2.30. The van der Waals surface area contributed by atoms with Gasteiger partial charge in [0, 0.05) is 18.4 Å². The zero-order valence-corrected chi connectivity index (χ0v) is 10.6. The van der Waals surface area contributed by atoms with Gasteiger partial charge in [0.1, 0.15) is 0 Å². The number of hydrogen-bond donors (Lipinski definition) is 2. The normalized spacial score (nSPS) is 10.6. The molecule has 3 nitrogen and oxygen atoms in total. The van der Waals surface area contributed by atoms with E-state index in [4.69, 9.17) is 5.11 Å². The number of nitrogens with one attached hydrogen (secondary N) is 1. The van der Waals surface area contributed by atoms with Crippen molar-refractivity contribution in [3.63, 3.8) is 0 Å². The number of hydrogen-bond acceptors (Lipinski definition) is 2. The van der Waals surface area contributed by atoms with Gasteiger partial charge in [-0.2, -0.15) is 13.2 Å². The molecule has 0 aromatic heterocycles. The molecule has 0 heterocycles. The maximum Gasteiger partial charge on any atom is 0.389 e. The summed E-state index contributed by atoms with van der Waals surface area (Å²) < 4.78 is 36.0. The summed E-state index contributed by atoms with van der Waals surface area (Å²) in [6.45, 7) is -0.0763. The molecule has 0 fully saturated rings. The van der Waals surface area contributed by atoms with Crippen LogP contribution in [0.4, 0.5) is 18.9 Å². The molecule has 0 unspecified atom stereocenters. The van der Waals surface area contributed by atoms with E-state index in [0.29, 0.717) is 11.3 Å². The summed E-state index contributed by atoms with van der Waals surface area (Å²) in [6.07, 6.45) is -5.84. The van der Waals surface area contributed by atoms with Gasteiger partial charge in [0.25, 0.3) is 0 Å². The van der Waals surface area contributed by atoms with Crippen LogP contribution in [0.2, 0.25) is 0 Å². The van der Waals surface area contributed by atoms with E-state index in [1.807, 2.05) is 0 Å². The van der Waals surface area contributed by atoms with Gasteiger partial charge < -0.3 is 10.4 Å². The van der Waals surface area contributed by atoms with Crippen LogP contribution in [0.3, 0.4) is 0 Å². The van der Waals surface area contributed by atoms with Crippen molar-refractivity contribution >= 4 is 11.6 Å². The molecule has 20 heavy (non-hydrogen) atoms. The van der Waals surface area contributed by atoms with E-state index < -0.39 is 24.9 Å². The molecule has 0 saturated heterocycles. The lowest BCUT2D eigenvalue weighted by molar-refractivity contribution is -0.142. The fourth-order valence-electron chi connectivity index (χ4n) is 1.38. The van der Waals surface area contributed by atoms with E-state index >= 15 is 0 Å². The fourth-order valence-corrected chi connectivity index (χ4v) is 1.38. The molecular weight excluding hydrogens is 271 g/mol. The first-order valence-electron chi connectivity index (χ1n) is 5.98. The number of rotatable bonds is 4. The van der Waals surface area contributed by atoms with Crippen LogP contribution < -0.4 is 5.32 Å². The molecule has 0 saturated carbocycles. The molecule has 0 aliphatic rings. The van der Waals surface area contributed by atoms with Crippen molar-refractivity contribution in [3.8, 4) is 11.8 Å². The highest BCUT2D eigenvalue weighted by Gasteiger charge is 2.27. The number of carbonyl (C=O) groups is 1. The Morgan fingerprint density at radius 1 is 1.30 bits per heavy atom. The number of aliphatic hydroxyl groups excluding tert-OH is 1. The minimum Gasteiger partial charge on any atom is -0.395 e. The van der Waals surface area contributed by atoms with Gasteiger partial charge in [-0.25, -0.2) is 0 Å². The second kappa shape index (κ2) is 7.56. The zero-order valence-electron chi connectivity index (χ0n) is 10.6. The Hall–Kier alpha value is -2.00. The van der Waals surface area contributed by atoms with Crippen molar-refractivity contribution in [3.05, 3.63) is 29.8 Å². The van der Waals surface area contributed by atoms with Gasteiger partial charge >= 0.3 is 6.18 Å². The number of amides is 1. The third-order valence-electron chi connectivity index (χ3n) is 2.30. The Bertz CT molecular complexity index is 515. The van der Waals surface area contributed by atoms with Gasteiger partial charge in [0.2, 0.25) is 5.91 Å². The maximum atomic E-state index is 12.0. The fraction of sp³-hybridized carbons (Fsp3) is 0.357. The molecule has 2 N–H and O–H groups in total. The molecule has 1 rings (SSSR count). The minimum absolute atomic E-state index is 0.0763. The van der Waals surface area contributed by atoms with Crippen molar-refractivity contribution in [2.75, 3.05) is 11.9 Å². The monoisotopic (exact) mass is 285 g/mol. The molecule has 0 aliphatic heterocycles. The van der Waals surface area contributed by atoms with Crippen LogP contribution in [0.1, 0.15) is 24.8 Å². The molecule has 0 aliphatic carbocycles. The van der Waals surface area contributed by atoms with E-state index in [2.05, 4.69) is 17.2 Å². The predicted octanol–water partition coefficient (Wildman–Crippen LogP) is 2.70. The van der Waals surface area contributed by atoms with Crippen molar-refractivity contribution in [2.45, 2.75) is 25.4 Å². The number of halogens is 3. The van der Waals surface area contributed by atoms with Crippen LogP contribution in [0.15, 0.2) is 24.3 Å².